The molecule has 0 rings (SSSR count). The Hall–Kier alpha value is 0.709. The quantitative estimate of drug-likeness (QED) is 0.489. The normalized spacial score (nSPS) is 11.8. The molecule has 0 radical (unpaired) electrons. The second kappa shape index (κ2) is 9.71. The van der Waals surface area contributed by atoms with Crippen LogP contribution in [0.4, 0.5) is 0 Å². The average molecular weight is 258 g/mol. The standard InChI is InChI=1S/C9H21OSi.2C2H5.Al/c1-4-7-11(10,8-5-2)9-6-3;2*1-2;/h4-9H2,1-3H3;2*1H2,2H3;/q-1;;;+1. The highest BCUT2D eigenvalue weighted by atomic mass is 28.4. The molecule has 16 heavy (non-hydrogen) atoms. The van der Waals surface area contributed by atoms with Crippen LogP contribution in [0.25, 0.3) is 0 Å². The molecular weight excluding hydrogens is 227 g/mol. The van der Waals surface area contributed by atoms with Crippen LogP contribution in [0.2, 0.25) is 28.7 Å². The first kappa shape index (κ1) is 16.7. The molecular formula is C13H31AlOSi. The minimum absolute atomic E-state index is 0.850. The van der Waals surface area contributed by atoms with Crippen molar-refractivity contribution in [3.63, 3.8) is 0 Å². The summed E-state index contributed by atoms with van der Waals surface area (Å²) in [6.45, 7) is 11.6. The highest BCUT2D eigenvalue weighted by Crippen LogP contribution is 2.29. The maximum Gasteiger partial charge on any atom is 0.449 e. The molecule has 1 nitrogen and oxygen atoms in total. The summed E-state index contributed by atoms with van der Waals surface area (Å²) in [5.41, 5.74) is 0. The second-order valence-corrected chi connectivity index (χ2v) is 12.7. The molecule has 0 aromatic carbocycles. The molecule has 0 spiro atoms. The highest BCUT2D eigenvalue weighted by Gasteiger charge is 2.35. The lowest BCUT2D eigenvalue weighted by atomic mass is 10.6. The van der Waals surface area contributed by atoms with E-state index in [4.69, 9.17) is 3.48 Å². The van der Waals surface area contributed by atoms with Crippen LogP contribution in [-0.4, -0.2) is 22.8 Å². The van der Waals surface area contributed by atoms with Gasteiger partial charge in [0, 0.05) is 0 Å². The van der Waals surface area contributed by atoms with E-state index in [1.54, 1.807) is 0 Å². The van der Waals surface area contributed by atoms with E-state index in [2.05, 4.69) is 34.6 Å². The SMILES string of the molecule is CCC[Si](CCC)(CCC)[O][Al]([CH2]C)[CH2]C. The molecule has 0 unspecified atom stereocenters. The summed E-state index contributed by atoms with van der Waals surface area (Å²) in [6.07, 6.45) is 3.96. The summed E-state index contributed by atoms with van der Waals surface area (Å²) < 4.78 is 6.74. The topological polar surface area (TPSA) is 9.23 Å². The van der Waals surface area contributed by atoms with Gasteiger partial charge < -0.3 is 3.48 Å². The van der Waals surface area contributed by atoms with Gasteiger partial charge in [0.15, 0.2) is 8.32 Å². The van der Waals surface area contributed by atoms with Crippen molar-refractivity contribution in [2.45, 2.75) is 82.6 Å². The molecule has 0 aliphatic heterocycles. The first-order chi connectivity index (χ1) is 7.67. The third kappa shape index (κ3) is 5.87. The molecule has 0 aliphatic carbocycles. The molecule has 0 aromatic rings. The lowest BCUT2D eigenvalue weighted by Crippen LogP contribution is -2.42. The molecule has 0 saturated heterocycles. The Morgan fingerprint density at radius 3 is 1.38 bits per heavy atom. The summed E-state index contributed by atoms with van der Waals surface area (Å²) in [5.74, 6) is 0. The van der Waals surface area contributed by atoms with Crippen molar-refractivity contribution in [2.24, 2.45) is 0 Å². The van der Waals surface area contributed by atoms with E-state index >= 15 is 0 Å². The lowest BCUT2D eigenvalue weighted by molar-refractivity contribution is 0.526. The minimum atomic E-state index is -1.34. The molecule has 0 N–H and O–H groups in total. The van der Waals surface area contributed by atoms with Gasteiger partial charge in [-0.1, -0.05) is 64.4 Å². The van der Waals surface area contributed by atoms with Crippen molar-refractivity contribution in [1.29, 1.82) is 0 Å². The van der Waals surface area contributed by atoms with Gasteiger partial charge >= 0.3 is 14.5 Å². The van der Waals surface area contributed by atoms with Gasteiger partial charge in [-0.05, 0) is 18.1 Å². The predicted molar refractivity (Wildman–Crippen MR) is 78.8 cm³/mol. The van der Waals surface area contributed by atoms with E-state index in [0.717, 1.165) is 0 Å². The number of hydrogen-bond donors (Lipinski definition) is 0. The summed E-state index contributed by atoms with van der Waals surface area (Å²) >= 11 is -0.850. The van der Waals surface area contributed by atoms with Gasteiger partial charge in [0.05, 0.1) is 0 Å². The van der Waals surface area contributed by atoms with Crippen LogP contribution >= 0.6 is 0 Å². The van der Waals surface area contributed by atoms with E-state index in [1.165, 1.54) is 48.0 Å². The maximum atomic E-state index is 6.74. The van der Waals surface area contributed by atoms with Crippen LogP contribution in [-0.2, 0) is 3.48 Å². The molecule has 96 valence electrons. The van der Waals surface area contributed by atoms with Crippen LogP contribution < -0.4 is 0 Å². The predicted octanol–water partition coefficient (Wildman–Crippen LogP) is 5.21. The second-order valence-electron chi connectivity index (χ2n) is 4.99. The van der Waals surface area contributed by atoms with Gasteiger partial charge in [0.2, 0.25) is 0 Å². The van der Waals surface area contributed by atoms with Crippen molar-refractivity contribution in [3.8, 4) is 0 Å². The zero-order valence-electron chi connectivity index (χ0n) is 12.1. The Morgan fingerprint density at radius 1 is 0.750 bits per heavy atom. The van der Waals surface area contributed by atoms with E-state index in [0.29, 0.717) is 0 Å². The van der Waals surface area contributed by atoms with Gasteiger partial charge in [0.25, 0.3) is 0 Å². The smallest absolute Gasteiger partial charge is 0.449 e. The summed E-state index contributed by atoms with van der Waals surface area (Å²) in [5, 5.41) is 2.64. The molecule has 0 aromatic heterocycles. The molecule has 0 heterocycles. The Labute approximate surface area is 109 Å². The van der Waals surface area contributed by atoms with Crippen LogP contribution in [0, 0.1) is 0 Å². The fraction of sp³-hybridized carbons (Fsp3) is 1.00. The fourth-order valence-corrected chi connectivity index (χ4v) is 12.4. The van der Waals surface area contributed by atoms with Gasteiger partial charge in [-0.3, -0.25) is 0 Å². The van der Waals surface area contributed by atoms with Gasteiger partial charge in [-0.25, -0.2) is 0 Å². The summed E-state index contributed by atoms with van der Waals surface area (Å²) in [4.78, 5) is 0. The molecule has 0 atom stereocenters. The van der Waals surface area contributed by atoms with Crippen molar-refractivity contribution in [1.82, 2.24) is 0 Å². The highest BCUT2D eigenvalue weighted by molar-refractivity contribution is 6.80. The molecule has 0 bridgehead atoms. The van der Waals surface area contributed by atoms with Crippen molar-refractivity contribution < 1.29 is 3.48 Å². The Morgan fingerprint density at radius 2 is 1.12 bits per heavy atom. The monoisotopic (exact) mass is 258 g/mol. The Bertz CT molecular complexity index is 143. The van der Waals surface area contributed by atoms with Crippen LogP contribution in [0.15, 0.2) is 0 Å². The minimum Gasteiger partial charge on any atom is -0.545 e. The zero-order chi connectivity index (χ0) is 12.4. The molecule has 0 fully saturated rings. The summed E-state index contributed by atoms with van der Waals surface area (Å²) in [6, 6.07) is 4.20. The van der Waals surface area contributed by atoms with Crippen LogP contribution in [0.1, 0.15) is 53.9 Å². The van der Waals surface area contributed by atoms with Crippen molar-refractivity contribution in [2.75, 3.05) is 0 Å². The van der Waals surface area contributed by atoms with Gasteiger partial charge in [0.1, 0.15) is 0 Å². The molecule has 0 saturated carbocycles. The molecule has 3 heteroatoms. The van der Waals surface area contributed by atoms with Crippen molar-refractivity contribution >= 4 is 22.8 Å². The lowest BCUT2D eigenvalue weighted by Gasteiger charge is -2.35. The largest absolute Gasteiger partial charge is 0.545 e. The third-order valence-electron chi connectivity index (χ3n) is 3.44. The van der Waals surface area contributed by atoms with Crippen LogP contribution in [0.3, 0.4) is 0 Å². The summed E-state index contributed by atoms with van der Waals surface area (Å²) in [7, 11) is -1.34. The van der Waals surface area contributed by atoms with E-state index in [1.807, 2.05) is 0 Å². The van der Waals surface area contributed by atoms with Gasteiger partial charge in [-0.2, -0.15) is 0 Å². The van der Waals surface area contributed by atoms with Gasteiger partial charge in [-0.15, -0.1) is 0 Å². The molecule has 0 amide bonds. The van der Waals surface area contributed by atoms with E-state index in [9.17, 15) is 0 Å². The third-order valence-corrected chi connectivity index (χ3v) is 12.8. The maximum absolute atomic E-state index is 6.74. The fourth-order valence-electron chi connectivity index (χ4n) is 2.73. The first-order valence-electron chi connectivity index (χ1n) is 7.35. The Kier molecular flexibility index (Phi) is 10.1. The number of hydrogen-bond acceptors (Lipinski definition) is 1. The van der Waals surface area contributed by atoms with Crippen LogP contribution in [0.5, 0.6) is 0 Å². The van der Waals surface area contributed by atoms with Crippen molar-refractivity contribution in [3.05, 3.63) is 0 Å². The average Bonchev–Trinajstić information content (AvgIpc) is 2.27. The Balaban J connectivity index is 4.56. The molecule has 0 aliphatic rings. The zero-order valence-corrected chi connectivity index (χ0v) is 14.3. The first-order valence-corrected chi connectivity index (χ1v) is 12.0. The van der Waals surface area contributed by atoms with E-state index in [-0.39, 0.29) is 0 Å². The number of rotatable bonds is 10. The van der Waals surface area contributed by atoms with E-state index < -0.39 is 22.8 Å².